The molecule has 1 atom stereocenters. The number of aromatic nitrogens is 3. The van der Waals surface area contributed by atoms with Crippen LogP contribution in [0, 0.1) is 0 Å². The van der Waals surface area contributed by atoms with E-state index in [1.807, 2.05) is 72.3 Å². The molecule has 0 saturated carbocycles. The van der Waals surface area contributed by atoms with Crippen LogP contribution in [0.15, 0.2) is 77.6 Å². The zero-order chi connectivity index (χ0) is 25.9. The van der Waals surface area contributed by atoms with Gasteiger partial charge in [-0.15, -0.1) is 0 Å². The third-order valence-electron chi connectivity index (χ3n) is 7.11. The first-order valence-electron chi connectivity index (χ1n) is 13.1. The molecule has 1 saturated heterocycles. The average Bonchev–Trinajstić information content (AvgIpc) is 3.40. The molecule has 6 rings (SSSR count). The summed E-state index contributed by atoms with van der Waals surface area (Å²) in [6.07, 6.45) is 0. The molecule has 0 amide bonds. The van der Waals surface area contributed by atoms with Gasteiger partial charge in [0.1, 0.15) is 11.4 Å². The third-order valence-corrected chi connectivity index (χ3v) is 7.11. The zero-order valence-corrected chi connectivity index (χ0v) is 21.5. The summed E-state index contributed by atoms with van der Waals surface area (Å²) in [6, 6.07) is 24.3. The largest absolute Gasteiger partial charge is 0.382 e. The molecule has 0 bridgehead atoms. The van der Waals surface area contributed by atoms with E-state index in [0.717, 1.165) is 51.8 Å². The van der Waals surface area contributed by atoms with Gasteiger partial charge in [0.15, 0.2) is 0 Å². The average molecular weight is 509 g/mol. The van der Waals surface area contributed by atoms with Crippen molar-refractivity contribution in [2.45, 2.75) is 12.6 Å². The number of fused-ring (bicyclic) bond motifs is 2. The molecule has 194 valence electrons. The number of nitrogens with one attached hydrogen (secondary N) is 4. The van der Waals surface area contributed by atoms with Gasteiger partial charge in [0.2, 0.25) is 0 Å². The SMILES string of the molecule is CNCCNc1c(-c2nc3c(C4COCCN4)cccc3[nH]2)c(=O)n(Cc2ccccc2)c2ccccc12. The number of pyridine rings is 1. The van der Waals surface area contributed by atoms with Gasteiger partial charge in [0.05, 0.1) is 48.0 Å². The molecule has 4 N–H and O–H groups in total. The van der Waals surface area contributed by atoms with E-state index in [4.69, 9.17) is 9.72 Å². The van der Waals surface area contributed by atoms with Crippen LogP contribution in [0.3, 0.4) is 0 Å². The molecule has 1 aliphatic rings. The number of aromatic amines is 1. The smallest absolute Gasteiger partial charge is 0.264 e. The lowest BCUT2D eigenvalue weighted by molar-refractivity contribution is 0.0772. The van der Waals surface area contributed by atoms with Gasteiger partial charge < -0.3 is 30.2 Å². The van der Waals surface area contributed by atoms with Gasteiger partial charge in [-0.3, -0.25) is 4.79 Å². The second-order valence-corrected chi connectivity index (χ2v) is 9.58. The Kier molecular flexibility index (Phi) is 6.92. The first kappa shape index (κ1) is 24.4. The van der Waals surface area contributed by atoms with Crippen molar-refractivity contribution in [3.63, 3.8) is 0 Å². The number of benzene rings is 3. The summed E-state index contributed by atoms with van der Waals surface area (Å²) in [6.45, 7) is 4.00. The van der Waals surface area contributed by atoms with Crippen LogP contribution < -0.4 is 21.5 Å². The van der Waals surface area contributed by atoms with E-state index in [9.17, 15) is 4.79 Å². The predicted molar refractivity (Wildman–Crippen MR) is 153 cm³/mol. The molecular weight excluding hydrogens is 476 g/mol. The van der Waals surface area contributed by atoms with Crippen LogP contribution >= 0.6 is 0 Å². The fourth-order valence-corrected chi connectivity index (χ4v) is 5.26. The molecule has 3 heterocycles. The summed E-state index contributed by atoms with van der Waals surface area (Å²) in [5, 5.41) is 11.2. The summed E-state index contributed by atoms with van der Waals surface area (Å²) < 4.78 is 7.58. The Hall–Kier alpha value is -3.98. The normalized spacial score (nSPS) is 15.8. The predicted octanol–water partition coefficient (Wildman–Crippen LogP) is 3.89. The summed E-state index contributed by atoms with van der Waals surface area (Å²) in [5.41, 5.74) is 6.03. The fourth-order valence-electron chi connectivity index (χ4n) is 5.26. The number of nitrogens with zero attached hydrogens (tertiary/aromatic N) is 2. The lowest BCUT2D eigenvalue weighted by Crippen LogP contribution is -2.34. The molecule has 3 aromatic carbocycles. The lowest BCUT2D eigenvalue weighted by atomic mass is 10.1. The van der Waals surface area contributed by atoms with Crippen LogP contribution in [0.5, 0.6) is 0 Å². The molecule has 38 heavy (non-hydrogen) atoms. The maximum Gasteiger partial charge on any atom is 0.264 e. The summed E-state index contributed by atoms with van der Waals surface area (Å²) in [7, 11) is 1.92. The zero-order valence-electron chi connectivity index (χ0n) is 21.5. The van der Waals surface area contributed by atoms with Crippen LogP contribution in [0.1, 0.15) is 17.2 Å². The highest BCUT2D eigenvalue weighted by atomic mass is 16.5. The Bertz CT molecular complexity index is 1620. The summed E-state index contributed by atoms with van der Waals surface area (Å²) >= 11 is 0. The van der Waals surface area contributed by atoms with Crippen molar-refractivity contribution in [2.75, 3.05) is 45.2 Å². The standard InChI is InChI=1S/C30H32N6O2/c1-31-14-15-33-28-22-10-5-6-13-25(22)36(18-20-8-3-2-4-9-20)30(37)26(28)29-34-23-12-7-11-21(27(23)35-29)24-19-38-17-16-32-24/h2-13,24,31-33H,14-19H2,1H3,(H,34,35). The van der Waals surface area contributed by atoms with Crippen molar-refractivity contribution in [3.8, 4) is 11.4 Å². The van der Waals surface area contributed by atoms with Gasteiger partial charge in [0, 0.05) is 25.0 Å². The van der Waals surface area contributed by atoms with Gasteiger partial charge in [0.25, 0.3) is 5.56 Å². The first-order chi connectivity index (χ1) is 18.7. The maximum atomic E-state index is 14.3. The monoisotopic (exact) mass is 508 g/mol. The molecule has 2 aromatic heterocycles. The topological polar surface area (TPSA) is 96.0 Å². The second kappa shape index (κ2) is 10.8. The number of ether oxygens (including phenoxy) is 1. The Labute approximate surface area is 221 Å². The maximum absolute atomic E-state index is 14.3. The summed E-state index contributed by atoms with van der Waals surface area (Å²) in [5.74, 6) is 0.564. The molecule has 8 heteroatoms. The van der Waals surface area contributed by atoms with Gasteiger partial charge >= 0.3 is 0 Å². The Morgan fingerprint density at radius 2 is 1.87 bits per heavy atom. The minimum Gasteiger partial charge on any atom is -0.382 e. The number of likely N-dealkylation sites (N-methyl/N-ethyl adjacent to an activating group) is 1. The van der Waals surface area contributed by atoms with Crippen molar-refractivity contribution >= 4 is 27.6 Å². The number of morpholine rings is 1. The van der Waals surface area contributed by atoms with E-state index in [1.54, 1.807) is 0 Å². The Morgan fingerprint density at radius 3 is 2.68 bits per heavy atom. The van der Waals surface area contributed by atoms with E-state index in [1.165, 1.54) is 0 Å². The highest BCUT2D eigenvalue weighted by Crippen LogP contribution is 2.33. The first-order valence-corrected chi connectivity index (χ1v) is 13.1. The van der Waals surface area contributed by atoms with Crippen molar-refractivity contribution in [3.05, 3.63) is 94.3 Å². The van der Waals surface area contributed by atoms with Crippen molar-refractivity contribution in [1.82, 2.24) is 25.2 Å². The number of imidazole rings is 1. The number of hydrogen-bond donors (Lipinski definition) is 4. The quantitative estimate of drug-likeness (QED) is 0.238. The van der Waals surface area contributed by atoms with Crippen LogP contribution in [-0.4, -0.2) is 54.4 Å². The molecular formula is C30H32N6O2. The molecule has 0 aliphatic carbocycles. The molecule has 1 unspecified atom stereocenters. The van der Waals surface area contributed by atoms with Gasteiger partial charge in [-0.1, -0.05) is 60.7 Å². The number of H-pyrrole nitrogens is 1. The second-order valence-electron chi connectivity index (χ2n) is 9.58. The van der Waals surface area contributed by atoms with Crippen LogP contribution in [0.2, 0.25) is 0 Å². The fraction of sp³-hybridized carbons (Fsp3) is 0.267. The number of rotatable bonds is 8. The Morgan fingerprint density at radius 1 is 1.03 bits per heavy atom. The van der Waals surface area contributed by atoms with E-state index in [-0.39, 0.29) is 11.6 Å². The van der Waals surface area contributed by atoms with E-state index in [0.29, 0.717) is 37.7 Å². The van der Waals surface area contributed by atoms with Gasteiger partial charge in [-0.2, -0.15) is 0 Å². The molecule has 0 radical (unpaired) electrons. The van der Waals surface area contributed by atoms with E-state index in [2.05, 4.69) is 33.1 Å². The van der Waals surface area contributed by atoms with Crippen molar-refractivity contribution in [2.24, 2.45) is 0 Å². The third kappa shape index (κ3) is 4.58. The van der Waals surface area contributed by atoms with Gasteiger partial charge in [-0.05, 0) is 30.3 Å². The van der Waals surface area contributed by atoms with E-state index < -0.39 is 0 Å². The summed E-state index contributed by atoms with van der Waals surface area (Å²) in [4.78, 5) is 22.8. The van der Waals surface area contributed by atoms with Crippen molar-refractivity contribution in [1.29, 1.82) is 0 Å². The number of anilines is 1. The number of hydrogen-bond acceptors (Lipinski definition) is 6. The van der Waals surface area contributed by atoms with Crippen LogP contribution in [-0.2, 0) is 11.3 Å². The molecule has 8 nitrogen and oxygen atoms in total. The molecule has 0 spiro atoms. The molecule has 1 aliphatic heterocycles. The Balaban J connectivity index is 1.57. The minimum absolute atomic E-state index is 0.0585. The van der Waals surface area contributed by atoms with Gasteiger partial charge in [-0.25, -0.2) is 4.98 Å². The number of para-hydroxylation sites is 2. The van der Waals surface area contributed by atoms with Crippen LogP contribution in [0.25, 0.3) is 33.3 Å². The van der Waals surface area contributed by atoms with Crippen LogP contribution in [0.4, 0.5) is 5.69 Å². The molecule has 5 aromatic rings. The lowest BCUT2D eigenvalue weighted by Gasteiger charge is -2.24. The van der Waals surface area contributed by atoms with E-state index >= 15 is 0 Å². The highest BCUT2D eigenvalue weighted by Gasteiger charge is 2.24. The molecule has 1 fully saturated rings. The highest BCUT2D eigenvalue weighted by molar-refractivity contribution is 5.99. The van der Waals surface area contributed by atoms with Crippen molar-refractivity contribution < 1.29 is 4.74 Å². The minimum atomic E-state index is -0.0840.